The third-order valence-corrected chi connectivity index (χ3v) is 5.31. The van der Waals surface area contributed by atoms with E-state index in [-0.39, 0.29) is 17.5 Å². The summed E-state index contributed by atoms with van der Waals surface area (Å²) < 4.78 is 3.45. The molecule has 1 aliphatic rings. The molecular formula is C19H24N6O2. The topological polar surface area (TPSA) is 88.3 Å². The zero-order valence-electron chi connectivity index (χ0n) is 15.7. The Morgan fingerprint density at radius 2 is 2.22 bits per heavy atom. The summed E-state index contributed by atoms with van der Waals surface area (Å²) in [6.07, 6.45) is 6.64. The van der Waals surface area contributed by atoms with Crippen molar-refractivity contribution in [3.63, 3.8) is 0 Å². The highest BCUT2D eigenvalue weighted by Gasteiger charge is 2.31. The second-order valence-corrected chi connectivity index (χ2v) is 7.01. The van der Waals surface area contributed by atoms with E-state index >= 15 is 0 Å². The maximum absolute atomic E-state index is 12.8. The van der Waals surface area contributed by atoms with Crippen LogP contribution < -0.4 is 5.56 Å². The van der Waals surface area contributed by atoms with E-state index in [1.54, 1.807) is 12.3 Å². The molecule has 0 spiro atoms. The molecular weight excluding hydrogens is 344 g/mol. The lowest BCUT2D eigenvalue weighted by molar-refractivity contribution is -0.132. The quantitative estimate of drug-likeness (QED) is 0.744. The number of nitrogens with one attached hydrogen (secondary N) is 1. The Morgan fingerprint density at radius 3 is 2.96 bits per heavy atom. The van der Waals surface area contributed by atoms with Crippen molar-refractivity contribution >= 4 is 11.6 Å². The van der Waals surface area contributed by atoms with Crippen LogP contribution >= 0.6 is 0 Å². The summed E-state index contributed by atoms with van der Waals surface area (Å²) in [7, 11) is 0. The summed E-state index contributed by atoms with van der Waals surface area (Å²) in [5, 5.41) is 3.15. The summed E-state index contributed by atoms with van der Waals surface area (Å²) in [5.41, 5.74) is 2.15. The van der Waals surface area contributed by atoms with Gasteiger partial charge in [-0.1, -0.05) is 6.92 Å². The Kier molecular flexibility index (Phi) is 4.55. The lowest BCUT2D eigenvalue weighted by atomic mass is 10.1. The highest BCUT2D eigenvalue weighted by Crippen LogP contribution is 2.32. The lowest BCUT2D eigenvalue weighted by Crippen LogP contribution is -2.31. The molecule has 0 bridgehead atoms. The number of imidazole rings is 1. The van der Waals surface area contributed by atoms with Gasteiger partial charge >= 0.3 is 0 Å². The third kappa shape index (κ3) is 3.27. The normalized spacial score (nSPS) is 17.1. The highest BCUT2D eigenvalue weighted by molar-refractivity contribution is 5.77. The van der Waals surface area contributed by atoms with E-state index in [0.29, 0.717) is 25.0 Å². The van der Waals surface area contributed by atoms with Crippen molar-refractivity contribution in [1.82, 2.24) is 29.0 Å². The number of hydrogen-bond acceptors (Lipinski definition) is 4. The van der Waals surface area contributed by atoms with Gasteiger partial charge in [0, 0.05) is 49.7 Å². The van der Waals surface area contributed by atoms with Crippen LogP contribution in [-0.4, -0.2) is 41.5 Å². The van der Waals surface area contributed by atoms with Gasteiger partial charge in [0.2, 0.25) is 5.91 Å². The van der Waals surface area contributed by atoms with Crippen LogP contribution in [0.3, 0.4) is 0 Å². The molecule has 142 valence electrons. The summed E-state index contributed by atoms with van der Waals surface area (Å²) in [6, 6.07) is 3.42. The van der Waals surface area contributed by atoms with Gasteiger partial charge in [-0.15, -0.1) is 0 Å². The Hall–Kier alpha value is -2.90. The first-order valence-electron chi connectivity index (χ1n) is 9.45. The van der Waals surface area contributed by atoms with E-state index in [0.717, 1.165) is 36.6 Å². The molecule has 8 heteroatoms. The number of aromatic nitrogens is 5. The molecule has 3 aromatic rings. The first-order chi connectivity index (χ1) is 13.1. The second-order valence-electron chi connectivity index (χ2n) is 7.01. The fourth-order valence-corrected chi connectivity index (χ4v) is 3.80. The van der Waals surface area contributed by atoms with Gasteiger partial charge in [-0.3, -0.25) is 14.7 Å². The molecule has 27 heavy (non-hydrogen) atoms. The van der Waals surface area contributed by atoms with Gasteiger partial charge in [-0.05, 0) is 26.2 Å². The van der Waals surface area contributed by atoms with E-state index < -0.39 is 0 Å². The Morgan fingerprint density at radius 1 is 1.37 bits per heavy atom. The van der Waals surface area contributed by atoms with Gasteiger partial charge in [-0.2, -0.15) is 0 Å². The molecule has 4 heterocycles. The van der Waals surface area contributed by atoms with Gasteiger partial charge in [0.1, 0.15) is 5.82 Å². The average Bonchev–Trinajstić information content (AvgIpc) is 3.38. The van der Waals surface area contributed by atoms with Gasteiger partial charge in [-0.25, -0.2) is 14.5 Å². The zero-order chi connectivity index (χ0) is 19.0. The number of hydrogen-bond donors (Lipinski definition) is 1. The van der Waals surface area contributed by atoms with Crippen LogP contribution in [0.5, 0.6) is 0 Å². The van der Waals surface area contributed by atoms with Crippen LogP contribution in [0.25, 0.3) is 5.65 Å². The monoisotopic (exact) mass is 368 g/mol. The van der Waals surface area contributed by atoms with Crippen LogP contribution in [0, 0.1) is 6.92 Å². The van der Waals surface area contributed by atoms with Crippen LogP contribution in [0.2, 0.25) is 0 Å². The molecule has 4 rings (SSSR count). The van der Waals surface area contributed by atoms with Gasteiger partial charge in [0.25, 0.3) is 5.56 Å². The molecule has 0 aromatic carbocycles. The van der Waals surface area contributed by atoms with E-state index in [1.807, 2.05) is 35.6 Å². The first-order valence-corrected chi connectivity index (χ1v) is 9.45. The van der Waals surface area contributed by atoms with Crippen molar-refractivity contribution in [1.29, 1.82) is 0 Å². The molecule has 1 aliphatic heterocycles. The molecule has 1 amide bonds. The molecule has 1 unspecified atom stereocenters. The molecule has 0 aliphatic carbocycles. The van der Waals surface area contributed by atoms with Gasteiger partial charge in [0.05, 0.1) is 11.7 Å². The predicted molar refractivity (Wildman–Crippen MR) is 100 cm³/mol. The first kappa shape index (κ1) is 17.5. The smallest absolute Gasteiger partial charge is 0.272 e. The largest absolute Gasteiger partial charge is 0.335 e. The highest BCUT2D eigenvalue weighted by atomic mass is 16.2. The van der Waals surface area contributed by atoms with E-state index in [2.05, 4.69) is 15.1 Å². The summed E-state index contributed by atoms with van der Waals surface area (Å²) >= 11 is 0. The molecule has 3 aromatic heterocycles. The van der Waals surface area contributed by atoms with E-state index in [9.17, 15) is 9.59 Å². The zero-order valence-corrected chi connectivity index (χ0v) is 15.7. The van der Waals surface area contributed by atoms with Gasteiger partial charge in [0.15, 0.2) is 5.65 Å². The number of aryl methyl sites for hydroxylation is 3. The van der Waals surface area contributed by atoms with Crippen LogP contribution in [-0.2, 0) is 17.8 Å². The SMILES string of the molecule is CCc1cc(=O)n2[nH]c(C3CCCN3C(=O)CCn3ccnc3C)cc2n1. The fourth-order valence-electron chi connectivity index (χ4n) is 3.80. The second kappa shape index (κ2) is 7.02. The van der Waals surface area contributed by atoms with E-state index in [1.165, 1.54) is 4.52 Å². The van der Waals surface area contributed by atoms with Crippen molar-refractivity contribution < 1.29 is 4.79 Å². The Bertz CT molecular complexity index is 1030. The van der Waals surface area contributed by atoms with E-state index in [4.69, 9.17) is 0 Å². The number of rotatable bonds is 5. The standard InChI is InChI=1S/C19H24N6O2/c1-3-14-11-19(27)25-17(21-14)12-15(22-25)16-5-4-8-24(16)18(26)6-9-23-10-7-20-13(23)2/h7,10-12,16,22H,3-6,8-9H2,1-2H3. The number of carbonyl (C=O) groups is 1. The molecule has 1 atom stereocenters. The average molecular weight is 368 g/mol. The molecule has 1 fully saturated rings. The predicted octanol–water partition coefficient (Wildman–Crippen LogP) is 1.84. The van der Waals surface area contributed by atoms with Crippen LogP contribution in [0.4, 0.5) is 0 Å². The number of likely N-dealkylation sites (tertiary alicyclic amines) is 1. The number of nitrogens with zero attached hydrogens (tertiary/aromatic N) is 5. The molecule has 1 saturated heterocycles. The van der Waals surface area contributed by atoms with Crippen molar-refractivity contribution in [2.45, 2.75) is 52.1 Å². The molecule has 8 nitrogen and oxygen atoms in total. The number of aromatic amines is 1. The van der Waals surface area contributed by atoms with Crippen molar-refractivity contribution in [3.8, 4) is 0 Å². The minimum absolute atomic E-state index is 0.0347. The summed E-state index contributed by atoms with van der Waals surface area (Å²) in [4.78, 5) is 35.7. The molecule has 0 saturated carbocycles. The number of H-pyrrole nitrogens is 1. The van der Waals surface area contributed by atoms with Crippen LogP contribution in [0.15, 0.2) is 29.3 Å². The minimum atomic E-state index is -0.116. The maximum Gasteiger partial charge on any atom is 0.272 e. The maximum atomic E-state index is 12.8. The Labute approximate surface area is 156 Å². The minimum Gasteiger partial charge on any atom is -0.335 e. The lowest BCUT2D eigenvalue weighted by Gasteiger charge is -2.24. The summed E-state index contributed by atoms with van der Waals surface area (Å²) in [5.74, 6) is 1.03. The van der Waals surface area contributed by atoms with Crippen LogP contribution in [0.1, 0.15) is 49.4 Å². The Balaban J connectivity index is 1.55. The summed E-state index contributed by atoms with van der Waals surface area (Å²) in [6.45, 7) is 5.28. The fraction of sp³-hybridized carbons (Fsp3) is 0.474. The molecule has 1 N–H and O–H groups in total. The molecule has 0 radical (unpaired) electrons. The van der Waals surface area contributed by atoms with Crippen molar-refractivity contribution in [3.05, 3.63) is 52.1 Å². The number of amides is 1. The third-order valence-electron chi connectivity index (χ3n) is 5.31. The van der Waals surface area contributed by atoms with Crippen molar-refractivity contribution in [2.75, 3.05) is 6.54 Å². The number of carbonyl (C=O) groups excluding carboxylic acids is 1. The van der Waals surface area contributed by atoms with Crippen molar-refractivity contribution in [2.24, 2.45) is 0 Å². The number of fused-ring (bicyclic) bond motifs is 1. The van der Waals surface area contributed by atoms with Gasteiger partial charge < -0.3 is 9.47 Å².